The number of aryl methyl sites for hydroxylation is 1. The van der Waals surface area contributed by atoms with Crippen molar-refractivity contribution in [3.63, 3.8) is 0 Å². The average Bonchev–Trinajstić information content (AvgIpc) is 2.26. The van der Waals surface area contributed by atoms with Crippen molar-refractivity contribution < 1.29 is 4.79 Å². The second kappa shape index (κ2) is 5.11. The third kappa shape index (κ3) is 2.65. The number of hydrogen-bond acceptors (Lipinski definition) is 3. The van der Waals surface area contributed by atoms with Gasteiger partial charge in [0.2, 0.25) is 5.82 Å². The van der Waals surface area contributed by atoms with Crippen molar-refractivity contribution in [2.24, 2.45) is 0 Å². The molecule has 0 aromatic carbocycles. The molecule has 0 bridgehead atoms. The molecule has 4 nitrogen and oxygen atoms in total. The molecule has 0 aliphatic carbocycles. The molecule has 0 aliphatic rings. The molecular formula is C10H13N3O. The Kier molecular flexibility index (Phi) is 3.79. The lowest BCUT2D eigenvalue weighted by atomic mass is 10.3. The minimum Gasteiger partial charge on any atom is -0.346 e. The number of nitrogens with zero attached hydrogens (tertiary/aromatic N) is 2. The number of aromatic nitrogens is 2. The number of carbonyl (C=O) groups is 1. The van der Waals surface area contributed by atoms with E-state index in [0.29, 0.717) is 6.54 Å². The van der Waals surface area contributed by atoms with Gasteiger partial charge < -0.3 is 5.32 Å². The van der Waals surface area contributed by atoms with Crippen LogP contribution < -0.4 is 5.32 Å². The summed E-state index contributed by atoms with van der Waals surface area (Å²) in [4.78, 5) is 19.4. The van der Waals surface area contributed by atoms with Crippen molar-refractivity contribution >= 4 is 5.91 Å². The Morgan fingerprint density at radius 2 is 2.50 bits per heavy atom. The lowest BCUT2D eigenvalue weighted by Gasteiger charge is -2.01. The van der Waals surface area contributed by atoms with Gasteiger partial charge in [0.15, 0.2) is 0 Å². The maximum absolute atomic E-state index is 11.4. The van der Waals surface area contributed by atoms with Gasteiger partial charge in [-0.15, -0.1) is 6.58 Å². The summed E-state index contributed by atoms with van der Waals surface area (Å²) in [6, 6.07) is 1.80. The highest BCUT2D eigenvalue weighted by molar-refractivity contribution is 5.90. The fourth-order valence-electron chi connectivity index (χ4n) is 0.946. The van der Waals surface area contributed by atoms with Gasteiger partial charge in [0.05, 0.1) is 0 Å². The molecule has 0 spiro atoms. The first-order valence-electron chi connectivity index (χ1n) is 4.49. The van der Waals surface area contributed by atoms with Crippen LogP contribution in [0.4, 0.5) is 0 Å². The zero-order chi connectivity index (χ0) is 10.4. The quantitative estimate of drug-likeness (QED) is 0.721. The highest BCUT2D eigenvalue weighted by Crippen LogP contribution is 1.96. The van der Waals surface area contributed by atoms with Crippen LogP contribution in [0.5, 0.6) is 0 Å². The Bertz CT molecular complexity index is 336. The van der Waals surface area contributed by atoms with E-state index in [1.165, 1.54) is 0 Å². The highest BCUT2D eigenvalue weighted by Gasteiger charge is 2.07. The van der Waals surface area contributed by atoms with Gasteiger partial charge in [-0.3, -0.25) is 4.79 Å². The summed E-state index contributed by atoms with van der Waals surface area (Å²) in [6.07, 6.45) is 4.00. The molecule has 0 aliphatic heterocycles. The molecule has 0 atom stereocenters. The normalized spacial score (nSPS) is 9.50. The molecule has 14 heavy (non-hydrogen) atoms. The highest BCUT2D eigenvalue weighted by atomic mass is 16.2. The van der Waals surface area contributed by atoms with E-state index in [-0.39, 0.29) is 11.7 Å². The Balaban J connectivity index is 2.73. The maximum Gasteiger partial charge on any atom is 0.289 e. The van der Waals surface area contributed by atoms with Crippen LogP contribution in [0.3, 0.4) is 0 Å². The molecule has 1 amide bonds. The van der Waals surface area contributed by atoms with Gasteiger partial charge in [0.1, 0.15) is 0 Å². The maximum atomic E-state index is 11.4. The minimum atomic E-state index is -0.264. The smallest absolute Gasteiger partial charge is 0.289 e. The lowest BCUT2D eigenvalue weighted by Crippen LogP contribution is -2.25. The van der Waals surface area contributed by atoms with Gasteiger partial charge >= 0.3 is 0 Å². The molecule has 1 N–H and O–H groups in total. The van der Waals surface area contributed by atoms with Gasteiger partial charge in [-0.2, -0.15) is 0 Å². The van der Waals surface area contributed by atoms with Crippen LogP contribution in [-0.2, 0) is 6.42 Å². The number of rotatable bonds is 4. The summed E-state index contributed by atoms with van der Waals surface area (Å²) in [5.41, 5.74) is 0.865. The van der Waals surface area contributed by atoms with Crippen molar-refractivity contribution in [2.75, 3.05) is 6.54 Å². The topological polar surface area (TPSA) is 54.9 Å². The third-order valence-electron chi connectivity index (χ3n) is 1.69. The Morgan fingerprint density at radius 1 is 1.71 bits per heavy atom. The summed E-state index contributed by atoms with van der Waals surface area (Å²) in [6.45, 7) is 5.91. The molecule has 0 saturated heterocycles. The van der Waals surface area contributed by atoms with Crippen LogP contribution in [0, 0.1) is 0 Å². The van der Waals surface area contributed by atoms with E-state index in [1.54, 1.807) is 18.3 Å². The second-order valence-electron chi connectivity index (χ2n) is 2.72. The van der Waals surface area contributed by atoms with Crippen molar-refractivity contribution in [1.82, 2.24) is 15.3 Å². The van der Waals surface area contributed by atoms with Crippen molar-refractivity contribution in [2.45, 2.75) is 13.3 Å². The molecule has 74 valence electrons. The van der Waals surface area contributed by atoms with E-state index in [9.17, 15) is 4.79 Å². The molecule has 1 aromatic heterocycles. The zero-order valence-electron chi connectivity index (χ0n) is 8.16. The first-order chi connectivity index (χ1) is 6.77. The summed E-state index contributed by atoms with van der Waals surface area (Å²) >= 11 is 0. The number of amides is 1. The zero-order valence-corrected chi connectivity index (χ0v) is 8.16. The predicted octanol–water partition coefficient (Wildman–Crippen LogP) is 0.955. The number of hydrogen-bond donors (Lipinski definition) is 1. The molecule has 1 heterocycles. The van der Waals surface area contributed by atoms with E-state index < -0.39 is 0 Å². The third-order valence-corrected chi connectivity index (χ3v) is 1.69. The minimum absolute atomic E-state index is 0.214. The summed E-state index contributed by atoms with van der Waals surface area (Å²) in [7, 11) is 0. The molecule has 0 fully saturated rings. The van der Waals surface area contributed by atoms with Crippen LogP contribution in [-0.4, -0.2) is 22.4 Å². The molecule has 0 unspecified atom stereocenters. The average molecular weight is 191 g/mol. The van der Waals surface area contributed by atoms with Crippen molar-refractivity contribution in [3.8, 4) is 0 Å². The monoisotopic (exact) mass is 191 g/mol. The van der Waals surface area contributed by atoms with Gasteiger partial charge in [-0.25, -0.2) is 9.97 Å². The Hall–Kier alpha value is -1.71. The SMILES string of the molecule is C=CCNC(=O)c1nccc(CC)n1. The van der Waals surface area contributed by atoms with Crippen LogP contribution >= 0.6 is 0 Å². The van der Waals surface area contributed by atoms with Crippen LogP contribution in [0.1, 0.15) is 23.2 Å². The van der Waals surface area contributed by atoms with Crippen molar-refractivity contribution in [1.29, 1.82) is 0 Å². The van der Waals surface area contributed by atoms with E-state index in [1.807, 2.05) is 6.92 Å². The molecule has 0 saturated carbocycles. The number of nitrogens with one attached hydrogen (secondary N) is 1. The number of carbonyl (C=O) groups excluding carboxylic acids is 1. The van der Waals surface area contributed by atoms with Gasteiger partial charge in [0, 0.05) is 18.4 Å². The van der Waals surface area contributed by atoms with Gasteiger partial charge in [-0.1, -0.05) is 13.0 Å². The molecular weight excluding hydrogens is 178 g/mol. The summed E-state index contributed by atoms with van der Waals surface area (Å²) < 4.78 is 0. The molecule has 1 aromatic rings. The van der Waals surface area contributed by atoms with E-state index in [0.717, 1.165) is 12.1 Å². The standard InChI is InChI=1S/C10H13N3O/c1-3-6-12-10(14)9-11-7-5-8(4-2)13-9/h3,5,7H,1,4,6H2,2H3,(H,12,14). The first kappa shape index (κ1) is 10.4. The fraction of sp³-hybridized carbons (Fsp3) is 0.300. The van der Waals surface area contributed by atoms with Crippen molar-refractivity contribution in [3.05, 3.63) is 36.4 Å². The van der Waals surface area contributed by atoms with E-state index in [2.05, 4.69) is 21.9 Å². The van der Waals surface area contributed by atoms with Crippen LogP contribution in [0.25, 0.3) is 0 Å². The van der Waals surface area contributed by atoms with Crippen LogP contribution in [0.2, 0.25) is 0 Å². The Labute approximate surface area is 83.1 Å². The Morgan fingerprint density at radius 3 is 3.14 bits per heavy atom. The largest absolute Gasteiger partial charge is 0.346 e. The molecule has 4 heteroatoms. The van der Waals surface area contributed by atoms with E-state index in [4.69, 9.17) is 0 Å². The van der Waals surface area contributed by atoms with E-state index >= 15 is 0 Å². The van der Waals surface area contributed by atoms with Crippen LogP contribution in [0.15, 0.2) is 24.9 Å². The van der Waals surface area contributed by atoms with Gasteiger partial charge in [0.25, 0.3) is 5.91 Å². The fourth-order valence-corrected chi connectivity index (χ4v) is 0.946. The molecule has 1 rings (SSSR count). The lowest BCUT2D eigenvalue weighted by molar-refractivity contribution is 0.0947. The van der Waals surface area contributed by atoms with Gasteiger partial charge in [-0.05, 0) is 12.5 Å². The second-order valence-corrected chi connectivity index (χ2v) is 2.72. The predicted molar refractivity (Wildman–Crippen MR) is 53.9 cm³/mol. The summed E-state index contributed by atoms with van der Waals surface area (Å²) in [5, 5.41) is 2.62. The summed E-state index contributed by atoms with van der Waals surface area (Å²) in [5.74, 6) is -0.0496. The molecule has 0 radical (unpaired) electrons. The first-order valence-corrected chi connectivity index (χ1v) is 4.49.